The van der Waals surface area contributed by atoms with Crippen LogP contribution in [0.4, 0.5) is 0 Å². The molecule has 0 aliphatic carbocycles. The van der Waals surface area contributed by atoms with Gasteiger partial charge in [-0.3, -0.25) is 9.59 Å². The maximum absolute atomic E-state index is 11.8. The predicted molar refractivity (Wildman–Crippen MR) is 87.3 cm³/mol. The number of amides is 2. The average Bonchev–Trinajstić information content (AvgIpc) is 2.36. The highest BCUT2D eigenvalue weighted by Gasteiger charge is 2.13. The molecule has 0 bridgehead atoms. The summed E-state index contributed by atoms with van der Waals surface area (Å²) in [5.41, 5.74) is 5.57. The molecule has 0 aliphatic heterocycles. The minimum atomic E-state index is -0.497. The Hall–Kier alpha value is -1.01. The van der Waals surface area contributed by atoms with Gasteiger partial charge in [0.05, 0.1) is 16.6 Å². The maximum atomic E-state index is 11.8. The summed E-state index contributed by atoms with van der Waals surface area (Å²) in [5, 5.41) is 5.76. The number of nitrogens with two attached hydrogens (primary N) is 1. The molecular formula is C13H18Cl3N3O2. The highest BCUT2D eigenvalue weighted by atomic mass is 35.5. The summed E-state index contributed by atoms with van der Waals surface area (Å²) in [4.78, 5) is 23.3. The first kappa shape index (κ1) is 20.0. The molecule has 1 rings (SSSR count). The van der Waals surface area contributed by atoms with Gasteiger partial charge in [0.15, 0.2) is 0 Å². The van der Waals surface area contributed by atoms with Gasteiger partial charge in [-0.25, -0.2) is 0 Å². The van der Waals surface area contributed by atoms with Crippen molar-refractivity contribution in [1.29, 1.82) is 0 Å². The third kappa shape index (κ3) is 7.52. The molecule has 0 spiro atoms. The number of rotatable bonds is 5. The lowest BCUT2D eigenvalue weighted by molar-refractivity contribution is -0.120. The standard InChI is InChI=1S/C13H17Cl2N3O2.ClH/c1-13(2,16)7-18-11(19)6-17-12(20)8-3-4-9(14)10(15)5-8;/h3-5H,6-7,16H2,1-2H3,(H,17,20)(H,18,19);1H. The summed E-state index contributed by atoms with van der Waals surface area (Å²) in [5.74, 6) is -0.706. The fourth-order valence-electron chi connectivity index (χ4n) is 1.29. The van der Waals surface area contributed by atoms with Gasteiger partial charge in [-0.05, 0) is 32.0 Å². The molecule has 1 aromatic carbocycles. The van der Waals surface area contributed by atoms with Crippen LogP contribution in [-0.4, -0.2) is 30.4 Å². The molecule has 0 atom stereocenters. The summed E-state index contributed by atoms with van der Waals surface area (Å²) < 4.78 is 0. The smallest absolute Gasteiger partial charge is 0.251 e. The zero-order valence-corrected chi connectivity index (χ0v) is 14.0. The van der Waals surface area contributed by atoms with Gasteiger partial charge < -0.3 is 16.4 Å². The fraction of sp³-hybridized carbons (Fsp3) is 0.385. The lowest BCUT2D eigenvalue weighted by Gasteiger charge is -2.18. The van der Waals surface area contributed by atoms with Crippen LogP contribution in [0.2, 0.25) is 10.0 Å². The molecule has 0 heterocycles. The van der Waals surface area contributed by atoms with E-state index in [1.54, 1.807) is 13.8 Å². The van der Waals surface area contributed by atoms with Crippen molar-refractivity contribution in [2.75, 3.05) is 13.1 Å². The van der Waals surface area contributed by atoms with Gasteiger partial charge in [-0.1, -0.05) is 23.2 Å². The number of nitrogens with one attached hydrogen (secondary N) is 2. The number of carbonyl (C=O) groups is 2. The highest BCUT2D eigenvalue weighted by Crippen LogP contribution is 2.22. The summed E-state index contributed by atoms with van der Waals surface area (Å²) in [7, 11) is 0. The molecule has 0 aromatic heterocycles. The van der Waals surface area contributed by atoms with Crippen molar-refractivity contribution in [3.63, 3.8) is 0 Å². The Labute approximate surface area is 140 Å². The summed E-state index contributed by atoms with van der Waals surface area (Å²) >= 11 is 11.6. The van der Waals surface area contributed by atoms with Gasteiger partial charge in [0.1, 0.15) is 0 Å². The number of benzene rings is 1. The zero-order chi connectivity index (χ0) is 15.3. The van der Waals surface area contributed by atoms with E-state index < -0.39 is 11.4 Å². The second kappa shape index (κ2) is 8.44. The molecule has 21 heavy (non-hydrogen) atoms. The Bertz CT molecular complexity index is 516. The van der Waals surface area contributed by atoms with E-state index in [1.165, 1.54) is 18.2 Å². The molecule has 0 saturated carbocycles. The van der Waals surface area contributed by atoms with E-state index in [-0.39, 0.29) is 29.9 Å². The zero-order valence-electron chi connectivity index (χ0n) is 11.7. The van der Waals surface area contributed by atoms with Crippen LogP contribution >= 0.6 is 35.6 Å². The van der Waals surface area contributed by atoms with Gasteiger partial charge >= 0.3 is 0 Å². The quantitative estimate of drug-likeness (QED) is 0.756. The van der Waals surface area contributed by atoms with E-state index in [9.17, 15) is 9.59 Å². The van der Waals surface area contributed by atoms with Crippen LogP contribution in [0.1, 0.15) is 24.2 Å². The summed E-state index contributed by atoms with van der Waals surface area (Å²) in [6, 6.07) is 4.50. The molecule has 0 unspecified atom stereocenters. The topological polar surface area (TPSA) is 84.2 Å². The van der Waals surface area contributed by atoms with Crippen molar-refractivity contribution in [3.05, 3.63) is 33.8 Å². The first-order valence-electron chi connectivity index (χ1n) is 5.98. The van der Waals surface area contributed by atoms with Gasteiger partial charge in [-0.15, -0.1) is 12.4 Å². The molecular weight excluding hydrogens is 337 g/mol. The molecule has 2 amide bonds. The van der Waals surface area contributed by atoms with Crippen molar-refractivity contribution in [1.82, 2.24) is 10.6 Å². The van der Waals surface area contributed by atoms with Crippen molar-refractivity contribution in [2.45, 2.75) is 19.4 Å². The monoisotopic (exact) mass is 353 g/mol. The second-order valence-electron chi connectivity index (χ2n) is 5.08. The summed E-state index contributed by atoms with van der Waals surface area (Å²) in [6.45, 7) is 3.78. The van der Waals surface area contributed by atoms with E-state index in [0.717, 1.165) is 0 Å². The van der Waals surface area contributed by atoms with Crippen molar-refractivity contribution in [2.24, 2.45) is 5.73 Å². The summed E-state index contributed by atoms with van der Waals surface area (Å²) in [6.07, 6.45) is 0. The van der Waals surface area contributed by atoms with Gasteiger partial charge in [0, 0.05) is 17.6 Å². The lowest BCUT2D eigenvalue weighted by atomic mass is 10.1. The van der Waals surface area contributed by atoms with E-state index in [0.29, 0.717) is 17.1 Å². The third-order valence-electron chi connectivity index (χ3n) is 2.33. The number of halogens is 3. The van der Waals surface area contributed by atoms with Crippen LogP contribution in [-0.2, 0) is 4.79 Å². The first-order chi connectivity index (χ1) is 9.19. The Morgan fingerprint density at radius 1 is 1.19 bits per heavy atom. The van der Waals surface area contributed by atoms with Crippen LogP contribution in [0, 0.1) is 0 Å². The van der Waals surface area contributed by atoms with Crippen molar-refractivity contribution >= 4 is 47.4 Å². The van der Waals surface area contributed by atoms with Gasteiger partial charge in [0.25, 0.3) is 5.91 Å². The molecule has 0 fully saturated rings. The first-order valence-corrected chi connectivity index (χ1v) is 6.73. The van der Waals surface area contributed by atoms with E-state index in [2.05, 4.69) is 10.6 Å². The molecule has 1 aromatic rings. The Kier molecular flexibility index (Phi) is 8.03. The molecule has 0 radical (unpaired) electrons. The normalized spacial score (nSPS) is 10.5. The highest BCUT2D eigenvalue weighted by molar-refractivity contribution is 6.42. The van der Waals surface area contributed by atoms with Crippen LogP contribution in [0.15, 0.2) is 18.2 Å². The van der Waals surface area contributed by atoms with Crippen LogP contribution in [0.3, 0.4) is 0 Å². The van der Waals surface area contributed by atoms with Gasteiger partial charge in [0.2, 0.25) is 5.91 Å². The van der Waals surface area contributed by atoms with E-state index in [1.807, 2.05) is 0 Å². The minimum absolute atomic E-state index is 0. The molecule has 0 saturated heterocycles. The molecule has 4 N–H and O–H groups in total. The van der Waals surface area contributed by atoms with E-state index >= 15 is 0 Å². The predicted octanol–water partition coefficient (Wildman–Crippen LogP) is 2.00. The Balaban J connectivity index is 0.00000400. The second-order valence-corrected chi connectivity index (χ2v) is 5.89. The van der Waals surface area contributed by atoms with Crippen molar-refractivity contribution in [3.8, 4) is 0 Å². The Morgan fingerprint density at radius 2 is 1.81 bits per heavy atom. The minimum Gasteiger partial charge on any atom is -0.353 e. The fourth-order valence-corrected chi connectivity index (χ4v) is 1.59. The molecule has 5 nitrogen and oxygen atoms in total. The number of carbonyl (C=O) groups excluding carboxylic acids is 2. The van der Waals surface area contributed by atoms with Crippen molar-refractivity contribution < 1.29 is 9.59 Å². The van der Waals surface area contributed by atoms with Crippen LogP contribution < -0.4 is 16.4 Å². The molecule has 8 heteroatoms. The largest absolute Gasteiger partial charge is 0.353 e. The van der Waals surface area contributed by atoms with E-state index in [4.69, 9.17) is 28.9 Å². The average molecular weight is 355 g/mol. The van der Waals surface area contributed by atoms with Gasteiger partial charge in [-0.2, -0.15) is 0 Å². The van der Waals surface area contributed by atoms with Crippen LogP contribution in [0.25, 0.3) is 0 Å². The third-order valence-corrected chi connectivity index (χ3v) is 3.07. The maximum Gasteiger partial charge on any atom is 0.251 e. The SMILES string of the molecule is CC(C)(N)CNC(=O)CNC(=O)c1ccc(Cl)c(Cl)c1.Cl. The molecule has 118 valence electrons. The number of hydrogen-bond donors (Lipinski definition) is 3. The number of hydrogen-bond acceptors (Lipinski definition) is 3. The van der Waals surface area contributed by atoms with Crippen LogP contribution in [0.5, 0.6) is 0 Å². The Morgan fingerprint density at radius 3 is 2.33 bits per heavy atom. The molecule has 0 aliphatic rings. The lowest BCUT2D eigenvalue weighted by Crippen LogP contribution is -2.47.